The van der Waals surface area contributed by atoms with Crippen LogP contribution in [0.15, 0.2) is 48.0 Å². The van der Waals surface area contributed by atoms with Gasteiger partial charge in [-0.05, 0) is 39.3 Å². The molecule has 1 heterocycles. The number of hydrogen-bond acceptors (Lipinski definition) is 3. The Balaban J connectivity index is 0.00000364. The van der Waals surface area contributed by atoms with Gasteiger partial charge in [-0.15, -0.1) is 24.0 Å². The van der Waals surface area contributed by atoms with Crippen molar-refractivity contribution in [1.82, 2.24) is 25.5 Å². The minimum absolute atomic E-state index is 0. The van der Waals surface area contributed by atoms with Crippen LogP contribution in [0.1, 0.15) is 33.3 Å². The molecule has 1 aromatic carbocycles. The number of rotatable bonds is 6. The first-order valence-corrected chi connectivity index (χ1v) is 8.78. The summed E-state index contributed by atoms with van der Waals surface area (Å²) in [6, 6.07) is 8.05. The molecule has 0 radical (unpaired) electrons. The second-order valence-corrected chi connectivity index (χ2v) is 6.95. The van der Waals surface area contributed by atoms with Gasteiger partial charge in [-0.3, -0.25) is 4.79 Å². The molecule has 0 saturated carbocycles. The van der Waals surface area contributed by atoms with Crippen LogP contribution in [0.2, 0.25) is 0 Å². The van der Waals surface area contributed by atoms with Crippen molar-refractivity contribution in [2.75, 3.05) is 13.1 Å². The number of halogens is 1. The maximum absolute atomic E-state index is 12.0. The normalized spacial score (nSPS) is 11.5. The van der Waals surface area contributed by atoms with Crippen LogP contribution in [-0.4, -0.2) is 40.0 Å². The Hall–Kier alpha value is -2.10. The topological polar surface area (TPSA) is 83.3 Å². The molecule has 27 heavy (non-hydrogen) atoms. The zero-order valence-corrected chi connectivity index (χ0v) is 18.7. The van der Waals surface area contributed by atoms with E-state index in [0.29, 0.717) is 12.5 Å². The molecule has 3 N–H and O–H groups in total. The van der Waals surface area contributed by atoms with Crippen LogP contribution in [-0.2, 0) is 11.3 Å². The van der Waals surface area contributed by atoms with E-state index in [1.807, 2.05) is 62.7 Å². The molecule has 7 nitrogen and oxygen atoms in total. The zero-order chi connectivity index (χ0) is 19.0. The molecule has 0 spiro atoms. The molecule has 0 bridgehead atoms. The van der Waals surface area contributed by atoms with E-state index in [1.165, 1.54) is 0 Å². The van der Waals surface area contributed by atoms with E-state index < -0.39 is 0 Å². The number of carbonyl (C=O) groups is 1. The van der Waals surface area contributed by atoms with E-state index in [-0.39, 0.29) is 42.0 Å². The summed E-state index contributed by atoms with van der Waals surface area (Å²) < 4.78 is 1.96. The second kappa shape index (κ2) is 10.9. The highest BCUT2D eigenvalue weighted by atomic mass is 127. The summed E-state index contributed by atoms with van der Waals surface area (Å²) >= 11 is 0. The minimum Gasteiger partial charge on any atom is -0.357 e. The molecule has 1 aromatic heterocycles. The lowest BCUT2D eigenvalue weighted by Gasteiger charge is -2.21. The number of nitrogens with zero attached hydrogens (tertiary/aromatic N) is 3. The first kappa shape index (κ1) is 22.9. The van der Waals surface area contributed by atoms with Crippen LogP contribution < -0.4 is 16.0 Å². The van der Waals surface area contributed by atoms with Crippen LogP contribution >= 0.6 is 24.0 Å². The fourth-order valence-corrected chi connectivity index (χ4v) is 2.43. The van der Waals surface area contributed by atoms with Crippen molar-refractivity contribution in [1.29, 1.82) is 0 Å². The highest BCUT2D eigenvalue weighted by Gasteiger charge is 2.13. The van der Waals surface area contributed by atoms with Crippen molar-refractivity contribution in [2.45, 2.75) is 39.8 Å². The Morgan fingerprint density at radius 1 is 1.22 bits per heavy atom. The van der Waals surface area contributed by atoms with Crippen molar-refractivity contribution >= 4 is 35.8 Å². The lowest BCUT2D eigenvalue weighted by atomic mass is 10.1. The van der Waals surface area contributed by atoms with Crippen molar-refractivity contribution in [3.05, 3.63) is 48.5 Å². The lowest BCUT2D eigenvalue weighted by Crippen LogP contribution is -2.48. The number of aliphatic imine (C=N–C) groups is 1. The summed E-state index contributed by atoms with van der Waals surface area (Å²) in [5.74, 6) is 0.541. The summed E-state index contributed by atoms with van der Waals surface area (Å²) in [6.07, 6.45) is 5.42. The third kappa shape index (κ3) is 7.98. The SMILES string of the molecule is CCNC(=NCc1ccccc1-n1ccnc1)NCC(=O)NC(C)(C)C.I. The molecule has 2 rings (SSSR count). The predicted octanol–water partition coefficient (Wildman–Crippen LogP) is 2.46. The maximum Gasteiger partial charge on any atom is 0.239 e. The van der Waals surface area contributed by atoms with Crippen molar-refractivity contribution in [2.24, 2.45) is 4.99 Å². The largest absolute Gasteiger partial charge is 0.357 e. The van der Waals surface area contributed by atoms with Gasteiger partial charge in [0.1, 0.15) is 0 Å². The van der Waals surface area contributed by atoms with Gasteiger partial charge in [-0.25, -0.2) is 9.98 Å². The average Bonchev–Trinajstić information content (AvgIpc) is 3.10. The molecule has 0 unspecified atom stereocenters. The van der Waals surface area contributed by atoms with Crippen LogP contribution in [0, 0.1) is 0 Å². The monoisotopic (exact) mass is 484 g/mol. The van der Waals surface area contributed by atoms with E-state index >= 15 is 0 Å². The van der Waals surface area contributed by atoms with Crippen molar-refractivity contribution in [3.63, 3.8) is 0 Å². The summed E-state index contributed by atoms with van der Waals surface area (Å²) in [4.78, 5) is 20.7. The van der Waals surface area contributed by atoms with Crippen LogP contribution in [0.5, 0.6) is 0 Å². The number of hydrogen-bond donors (Lipinski definition) is 3. The molecule has 0 saturated heterocycles. The summed E-state index contributed by atoms with van der Waals surface area (Å²) in [6.45, 7) is 9.24. The second-order valence-electron chi connectivity index (χ2n) is 6.95. The van der Waals surface area contributed by atoms with E-state index in [2.05, 4.69) is 25.9 Å². The van der Waals surface area contributed by atoms with E-state index in [4.69, 9.17) is 0 Å². The molecule has 0 aliphatic rings. The van der Waals surface area contributed by atoms with Gasteiger partial charge in [-0.2, -0.15) is 0 Å². The maximum atomic E-state index is 12.0. The Kier molecular flexibility index (Phi) is 9.27. The number of benzene rings is 1. The molecule has 2 aromatic rings. The molecular formula is C19H29IN6O. The summed E-state index contributed by atoms with van der Waals surface area (Å²) in [5.41, 5.74) is 1.86. The molecule has 0 fully saturated rings. The molecule has 0 aliphatic carbocycles. The van der Waals surface area contributed by atoms with Gasteiger partial charge in [0.25, 0.3) is 0 Å². The Labute approximate surface area is 178 Å². The fourth-order valence-electron chi connectivity index (χ4n) is 2.43. The van der Waals surface area contributed by atoms with Gasteiger partial charge in [-0.1, -0.05) is 18.2 Å². The van der Waals surface area contributed by atoms with Crippen LogP contribution in [0.3, 0.4) is 0 Å². The Morgan fingerprint density at radius 2 is 1.96 bits per heavy atom. The number of carbonyl (C=O) groups excluding carboxylic acids is 1. The number of imidazole rings is 1. The Morgan fingerprint density at radius 3 is 2.59 bits per heavy atom. The smallest absolute Gasteiger partial charge is 0.239 e. The quantitative estimate of drug-likeness (QED) is 0.334. The summed E-state index contributed by atoms with van der Waals surface area (Å²) in [5, 5.41) is 9.16. The molecule has 8 heteroatoms. The predicted molar refractivity (Wildman–Crippen MR) is 120 cm³/mol. The lowest BCUT2D eigenvalue weighted by molar-refractivity contribution is -0.121. The van der Waals surface area contributed by atoms with Crippen molar-refractivity contribution < 1.29 is 4.79 Å². The number of guanidine groups is 1. The molecule has 1 amide bonds. The molecule has 0 atom stereocenters. The van der Waals surface area contributed by atoms with E-state index in [1.54, 1.807) is 12.5 Å². The number of para-hydroxylation sites is 1. The average molecular weight is 484 g/mol. The van der Waals surface area contributed by atoms with Crippen molar-refractivity contribution in [3.8, 4) is 5.69 Å². The Bertz CT molecular complexity index is 737. The standard InChI is InChI=1S/C19H28N6O.HI/c1-5-21-18(23-13-17(26)24-19(2,3)4)22-12-15-8-6-7-9-16(15)25-11-10-20-14-25;/h6-11,14H,5,12-13H2,1-4H3,(H,24,26)(H2,21,22,23);1H. The third-order valence-corrected chi connectivity index (χ3v) is 3.46. The highest BCUT2D eigenvalue weighted by Crippen LogP contribution is 2.14. The molecular weight excluding hydrogens is 455 g/mol. The van der Waals surface area contributed by atoms with Gasteiger partial charge >= 0.3 is 0 Å². The minimum atomic E-state index is -0.252. The zero-order valence-electron chi connectivity index (χ0n) is 16.3. The van der Waals surface area contributed by atoms with Crippen LogP contribution in [0.4, 0.5) is 0 Å². The van der Waals surface area contributed by atoms with Gasteiger partial charge in [0.15, 0.2) is 5.96 Å². The first-order valence-electron chi connectivity index (χ1n) is 8.78. The van der Waals surface area contributed by atoms with E-state index in [9.17, 15) is 4.79 Å². The number of nitrogens with one attached hydrogen (secondary N) is 3. The number of amides is 1. The van der Waals surface area contributed by atoms with Gasteiger partial charge in [0.2, 0.25) is 5.91 Å². The van der Waals surface area contributed by atoms with E-state index in [0.717, 1.165) is 17.8 Å². The van der Waals surface area contributed by atoms with Gasteiger partial charge < -0.3 is 20.5 Å². The van der Waals surface area contributed by atoms with Gasteiger partial charge in [0.05, 0.1) is 25.1 Å². The summed E-state index contributed by atoms with van der Waals surface area (Å²) in [7, 11) is 0. The van der Waals surface area contributed by atoms with Gasteiger partial charge in [0, 0.05) is 24.5 Å². The molecule has 148 valence electrons. The fraction of sp³-hybridized carbons (Fsp3) is 0.421. The number of aromatic nitrogens is 2. The molecule has 0 aliphatic heterocycles. The van der Waals surface area contributed by atoms with Crippen LogP contribution in [0.25, 0.3) is 5.69 Å². The first-order chi connectivity index (χ1) is 12.4. The highest BCUT2D eigenvalue weighted by molar-refractivity contribution is 14.0. The third-order valence-electron chi connectivity index (χ3n) is 3.46.